The van der Waals surface area contributed by atoms with Gasteiger partial charge in [0.05, 0.1) is 0 Å². The number of nitrogens with zero attached hydrogens (tertiary/aromatic N) is 2. The van der Waals surface area contributed by atoms with Gasteiger partial charge in [0.25, 0.3) is 0 Å². The molecule has 0 aliphatic heterocycles. The highest BCUT2D eigenvalue weighted by Gasteiger charge is 2.17. The van der Waals surface area contributed by atoms with Gasteiger partial charge in [0.2, 0.25) is 5.95 Å². The summed E-state index contributed by atoms with van der Waals surface area (Å²) in [7, 11) is 0. The molecule has 0 spiro atoms. The van der Waals surface area contributed by atoms with Gasteiger partial charge in [0, 0.05) is 19.3 Å². The van der Waals surface area contributed by atoms with Crippen molar-refractivity contribution in [3.63, 3.8) is 0 Å². The summed E-state index contributed by atoms with van der Waals surface area (Å²) >= 11 is 0. The second-order valence-electron chi connectivity index (χ2n) is 4.56. The third kappa shape index (κ3) is 4.36. The Balaban J connectivity index is 2.63. The molecule has 0 aliphatic carbocycles. The first kappa shape index (κ1) is 13.4. The van der Waals surface area contributed by atoms with Gasteiger partial charge in [-0.05, 0) is 17.9 Å². The SMILES string of the molecule is CC(C)(CCO)CNc1nccc(C(=O)O)n1. The Hall–Kier alpha value is -1.69. The Bertz CT molecular complexity index is 393. The maximum Gasteiger partial charge on any atom is 0.354 e. The molecule has 6 nitrogen and oxygen atoms in total. The molecule has 94 valence electrons. The van der Waals surface area contributed by atoms with Crippen molar-refractivity contribution in [2.75, 3.05) is 18.5 Å². The predicted octanol–water partition coefficient (Wildman–Crippen LogP) is 0.995. The molecule has 0 saturated carbocycles. The minimum atomic E-state index is -1.08. The van der Waals surface area contributed by atoms with Crippen LogP contribution in [0, 0.1) is 5.41 Å². The lowest BCUT2D eigenvalue weighted by atomic mass is 9.90. The van der Waals surface area contributed by atoms with E-state index in [1.165, 1.54) is 12.3 Å². The number of hydrogen-bond donors (Lipinski definition) is 3. The van der Waals surface area contributed by atoms with Crippen LogP contribution in [0.1, 0.15) is 30.8 Å². The standard InChI is InChI=1S/C11H17N3O3/c1-11(2,4-6-15)7-13-10-12-5-3-8(14-10)9(16)17/h3,5,15H,4,6-7H2,1-2H3,(H,16,17)(H,12,13,14). The van der Waals surface area contributed by atoms with Crippen LogP contribution in [0.5, 0.6) is 0 Å². The highest BCUT2D eigenvalue weighted by Crippen LogP contribution is 2.19. The number of carboxylic acids is 1. The fourth-order valence-corrected chi connectivity index (χ4v) is 1.27. The normalized spacial score (nSPS) is 11.2. The Kier molecular flexibility index (Phi) is 4.39. The number of hydrogen-bond acceptors (Lipinski definition) is 5. The molecular formula is C11H17N3O3. The van der Waals surface area contributed by atoms with Gasteiger partial charge in [-0.2, -0.15) is 0 Å². The molecule has 1 rings (SSSR count). The topological polar surface area (TPSA) is 95.3 Å². The maximum atomic E-state index is 10.7. The zero-order valence-corrected chi connectivity index (χ0v) is 9.97. The molecule has 1 aromatic heterocycles. The van der Waals surface area contributed by atoms with E-state index in [2.05, 4.69) is 15.3 Å². The van der Waals surface area contributed by atoms with Crippen molar-refractivity contribution >= 4 is 11.9 Å². The molecular weight excluding hydrogens is 222 g/mol. The van der Waals surface area contributed by atoms with Crippen molar-refractivity contribution in [3.05, 3.63) is 18.0 Å². The summed E-state index contributed by atoms with van der Waals surface area (Å²) in [6, 6.07) is 1.34. The number of carboxylic acid groups (broad SMARTS) is 1. The molecule has 0 unspecified atom stereocenters. The largest absolute Gasteiger partial charge is 0.477 e. The molecule has 0 atom stereocenters. The van der Waals surface area contributed by atoms with Crippen molar-refractivity contribution < 1.29 is 15.0 Å². The molecule has 0 aliphatic rings. The third-order valence-corrected chi connectivity index (χ3v) is 2.39. The van der Waals surface area contributed by atoms with E-state index in [0.717, 1.165) is 0 Å². The highest BCUT2D eigenvalue weighted by atomic mass is 16.4. The summed E-state index contributed by atoms with van der Waals surface area (Å²) in [4.78, 5) is 18.5. The summed E-state index contributed by atoms with van der Waals surface area (Å²) in [6.45, 7) is 4.68. The number of aromatic nitrogens is 2. The van der Waals surface area contributed by atoms with Gasteiger partial charge in [0.15, 0.2) is 5.69 Å². The lowest BCUT2D eigenvalue weighted by Crippen LogP contribution is -2.25. The first-order chi connectivity index (χ1) is 7.94. The van der Waals surface area contributed by atoms with E-state index in [0.29, 0.717) is 13.0 Å². The van der Waals surface area contributed by atoms with Crippen LogP contribution in [-0.4, -0.2) is 39.3 Å². The number of aliphatic hydroxyl groups is 1. The van der Waals surface area contributed by atoms with E-state index >= 15 is 0 Å². The summed E-state index contributed by atoms with van der Waals surface area (Å²) < 4.78 is 0. The molecule has 0 saturated heterocycles. The monoisotopic (exact) mass is 239 g/mol. The zero-order valence-electron chi connectivity index (χ0n) is 9.97. The lowest BCUT2D eigenvalue weighted by Gasteiger charge is -2.23. The molecule has 0 aromatic carbocycles. The lowest BCUT2D eigenvalue weighted by molar-refractivity contribution is 0.0690. The summed E-state index contributed by atoms with van der Waals surface area (Å²) in [5.41, 5.74) is -0.139. The van der Waals surface area contributed by atoms with Crippen molar-refractivity contribution in [1.82, 2.24) is 9.97 Å². The minimum absolute atomic E-state index is 0.0394. The van der Waals surface area contributed by atoms with Crippen LogP contribution in [0.2, 0.25) is 0 Å². The number of aliphatic hydroxyl groups excluding tert-OH is 1. The molecule has 6 heteroatoms. The number of carbonyl (C=O) groups is 1. The van der Waals surface area contributed by atoms with Crippen LogP contribution in [0.4, 0.5) is 5.95 Å². The third-order valence-electron chi connectivity index (χ3n) is 2.39. The van der Waals surface area contributed by atoms with Gasteiger partial charge < -0.3 is 15.5 Å². The van der Waals surface area contributed by atoms with Gasteiger partial charge in [-0.1, -0.05) is 13.8 Å². The summed E-state index contributed by atoms with van der Waals surface area (Å²) in [5.74, 6) is -0.791. The van der Waals surface area contributed by atoms with Crippen LogP contribution < -0.4 is 5.32 Å². The molecule has 3 N–H and O–H groups in total. The van der Waals surface area contributed by atoms with E-state index in [1.807, 2.05) is 13.8 Å². The molecule has 17 heavy (non-hydrogen) atoms. The van der Waals surface area contributed by atoms with Gasteiger partial charge in [-0.25, -0.2) is 14.8 Å². The van der Waals surface area contributed by atoms with Crippen molar-refractivity contribution in [3.8, 4) is 0 Å². The highest BCUT2D eigenvalue weighted by molar-refractivity contribution is 5.85. The van der Waals surface area contributed by atoms with E-state index in [4.69, 9.17) is 10.2 Å². The van der Waals surface area contributed by atoms with E-state index < -0.39 is 5.97 Å². The zero-order chi connectivity index (χ0) is 12.9. The number of rotatable bonds is 6. The van der Waals surface area contributed by atoms with Gasteiger partial charge in [-0.3, -0.25) is 0 Å². The van der Waals surface area contributed by atoms with Gasteiger partial charge >= 0.3 is 5.97 Å². The van der Waals surface area contributed by atoms with Crippen LogP contribution in [0.25, 0.3) is 0 Å². The van der Waals surface area contributed by atoms with Gasteiger partial charge in [-0.15, -0.1) is 0 Å². The Labute approximate surface area is 99.7 Å². The summed E-state index contributed by atoms with van der Waals surface area (Å²) in [6.07, 6.45) is 2.05. The van der Waals surface area contributed by atoms with E-state index in [1.54, 1.807) is 0 Å². The molecule has 0 amide bonds. The van der Waals surface area contributed by atoms with Crippen LogP contribution in [0.3, 0.4) is 0 Å². The smallest absolute Gasteiger partial charge is 0.354 e. The maximum absolute atomic E-state index is 10.7. The fraction of sp³-hybridized carbons (Fsp3) is 0.545. The van der Waals surface area contributed by atoms with Crippen LogP contribution in [-0.2, 0) is 0 Å². The Morgan fingerprint density at radius 1 is 1.53 bits per heavy atom. The average molecular weight is 239 g/mol. The molecule has 1 heterocycles. The van der Waals surface area contributed by atoms with E-state index in [9.17, 15) is 4.79 Å². The van der Waals surface area contributed by atoms with Crippen LogP contribution in [0.15, 0.2) is 12.3 Å². The van der Waals surface area contributed by atoms with Crippen molar-refractivity contribution in [2.45, 2.75) is 20.3 Å². The predicted molar refractivity (Wildman–Crippen MR) is 63.0 cm³/mol. The first-order valence-electron chi connectivity index (χ1n) is 5.36. The van der Waals surface area contributed by atoms with E-state index in [-0.39, 0.29) is 23.7 Å². The van der Waals surface area contributed by atoms with Crippen molar-refractivity contribution in [2.24, 2.45) is 5.41 Å². The summed E-state index contributed by atoms with van der Waals surface area (Å²) in [5, 5.41) is 20.6. The molecule has 0 fully saturated rings. The Morgan fingerprint density at radius 3 is 2.82 bits per heavy atom. The molecule has 0 radical (unpaired) electrons. The fourth-order valence-electron chi connectivity index (χ4n) is 1.27. The number of anilines is 1. The van der Waals surface area contributed by atoms with Crippen LogP contribution >= 0.6 is 0 Å². The van der Waals surface area contributed by atoms with Crippen molar-refractivity contribution in [1.29, 1.82) is 0 Å². The van der Waals surface area contributed by atoms with Gasteiger partial charge in [0.1, 0.15) is 0 Å². The number of nitrogens with one attached hydrogen (secondary N) is 1. The number of aromatic carboxylic acids is 1. The first-order valence-corrected chi connectivity index (χ1v) is 5.36. The minimum Gasteiger partial charge on any atom is -0.477 e. The molecule has 0 bridgehead atoms. The second-order valence-corrected chi connectivity index (χ2v) is 4.56. The average Bonchev–Trinajstić information content (AvgIpc) is 2.27. The Morgan fingerprint density at radius 2 is 2.24 bits per heavy atom. The second kappa shape index (κ2) is 5.58. The quantitative estimate of drug-likeness (QED) is 0.685. The molecule has 1 aromatic rings.